The molecule has 2 aromatic heterocycles. The molecular formula is C16H22BF4N3PtS2. The third-order valence-electron chi connectivity index (χ3n) is 2.20. The van der Waals surface area contributed by atoms with Gasteiger partial charge in [0.05, 0.1) is 21.5 Å². The second-order valence-electron chi connectivity index (χ2n) is 3.99. The first-order valence-corrected chi connectivity index (χ1v) is 7.86. The molecule has 0 radical (unpaired) electrons. The fraction of sp³-hybridized carbons (Fsp3) is 0.125. The largest absolute Gasteiger partial charge is 4.00 e. The van der Waals surface area contributed by atoms with E-state index in [-0.39, 0.29) is 43.3 Å². The van der Waals surface area contributed by atoms with Gasteiger partial charge in [0.2, 0.25) is 0 Å². The number of aromatic nitrogens is 2. The fourth-order valence-corrected chi connectivity index (χ4v) is 2.32. The SMILES string of the molecule is F[B-](F)(F)F.[CH3-].[CH3-].[CH3-].[Pt+4].[S-]C1=[NH+]CCS1.c1ccc(-c2ccccn2)nc1. The normalized spacial score (nSPS) is 11.2. The zero-order chi connectivity index (χ0) is 17.1. The Morgan fingerprint density at radius 1 is 0.889 bits per heavy atom. The summed E-state index contributed by atoms with van der Waals surface area (Å²) in [5.74, 6) is 1.15. The molecule has 0 amide bonds. The molecule has 154 valence electrons. The summed E-state index contributed by atoms with van der Waals surface area (Å²) in [6.07, 6.45) is 3.54. The molecule has 0 saturated carbocycles. The van der Waals surface area contributed by atoms with E-state index < -0.39 is 7.25 Å². The molecule has 1 aliphatic rings. The molecule has 3 heterocycles. The van der Waals surface area contributed by atoms with E-state index in [2.05, 4.69) is 15.0 Å². The van der Waals surface area contributed by atoms with E-state index in [9.17, 15) is 17.3 Å². The second-order valence-corrected chi connectivity index (χ2v) is 5.76. The molecule has 3 nitrogen and oxygen atoms in total. The second kappa shape index (κ2) is 18.4. The summed E-state index contributed by atoms with van der Waals surface area (Å²) in [6.45, 7) is 1.06. The van der Waals surface area contributed by atoms with Crippen LogP contribution in [-0.4, -0.2) is 33.9 Å². The van der Waals surface area contributed by atoms with Crippen LogP contribution in [0.5, 0.6) is 0 Å². The van der Waals surface area contributed by atoms with Gasteiger partial charge in [-0.3, -0.25) is 15.0 Å². The first-order chi connectivity index (χ1) is 10.9. The number of hydrogen-bond acceptors (Lipinski definition) is 4. The minimum atomic E-state index is -6.00. The average molecular weight is 602 g/mol. The molecule has 1 aliphatic heterocycles. The van der Waals surface area contributed by atoms with Gasteiger partial charge in [-0.05, 0) is 24.3 Å². The van der Waals surface area contributed by atoms with Gasteiger partial charge in [0.25, 0.3) is 0 Å². The number of hydrogen-bond donors (Lipinski definition) is 1. The van der Waals surface area contributed by atoms with Crippen LogP contribution >= 0.6 is 11.8 Å². The monoisotopic (exact) mass is 602 g/mol. The van der Waals surface area contributed by atoms with Crippen molar-refractivity contribution in [2.24, 2.45) is 0 Å². The maximum Gasteiger partial charge on any atom is 4.00 e. The van der Waals surface area contributed by atoms with Crippen molar-refractivity contribution in [3.05, 3.63) is 71.1 Å². The molecule has 0 atom stereocenters. The third-order valence-corrected chi connectivity index (χ3v) is 3.51. The van der Waals surface area contributed by atoms with Crippen LogP contribution in [0.25, 0.3) is 11.4 Å². The van der Waals surface area contributed by atoms with E-state index in [0.29, 0.717) is 0 Å². The number of nitrogens with zero attached hydrogens (tertiary/aromatic N) is 2. The molecule has 0 fully saturated rings. The molecule has 1 N–H and O–H groups in total. The van der Waals surface area contributed by atoms with Crippen molar-refractivity contribution in [2.45, 2.75) is 0 Å². The summed E-state index contributed by atoms with van der Waals surface area (Å²) in [5, 5.41) is 0. The van der Waals surface area contributed by atoms with Gasteiger partial charge in [-0.15, -0.1) is 0 Å². The van der Waals surface area contributed by atoms with Gasteiger partial charge in [0, 0.05) is 12.4 Å². The van der Waals surface area contributed by atoms with Crippen LogP contribution in [-0.2, 0) is 33.7 Å². The van der Waals surface area contributed by atoms with E-state index in [1.165, 1.54) is 0 Å². The van der Waals surface area contributed by atoms with Gasteiger partial charge in [-0.1, -0.05) is 23.9 Å². The Morgan fingerprint density at radius 2 is 1.30 bits per heavy atom. The minimum Gasteiger partial charge on any atom is -0.704 e. The topological polar surface area (TPSA) is 39.8 Å². The van der Waals surface area contributed by atoms with Gasteiger partial charge in [-0.25, -0.2) is 0 Å². The van der Waals surface area contributed by atoms with Crippen molar-refractivity contribution in [3.8, 4) is 11.4 Å². The number of rotatable bonds is 1. The molecule has 3 rings (SSSR count). The molecule has 0 spiro atoms. The summed E-state index contributed by atoms with van der Waals surface area (Å²) in [6, 6.07) is 11.6. The van der Waals surface area contributed by atoms with Crippen LogP contribution in [0.2, 0.25) is 0 Å². The van der Waals surface area contributed by atoms with Gasteiger partial charge < -0.3 is 52.2 Å². The van der Waals surface area contributed by atoms with Crippen LogP contribution in [0.15, 0.2) is 48.8 Å². The maximum atomic E-state index is 9.75. The molecule has 0 unspecified atom stereocenters. The Morgan fingerprint density at radius 3 is 1.48 bits per heavy atom. The van der Waals surface area contributed by atoms with Crippen LogP contribution in [0.3, 0.4) is 0 Å². The molecule has 0 aliphatic carbocycles. The molecule has 2 aromatic rings. The molecular weight excluding hydrogens is 580 g/mol. The third kappa shape index (κ3) is 19.6. The van der Waals surface area contributed by atoms with Crippen molar-refractivity contribution in [1.29, 1.82) is 0 Å². The quantitative estimate of drug-likeness (QED) is 0.235. The predicted octanol–water partition coefficient (Wildman–Crippen LogP) is 3.51. The van der Waals surface area contributed by atoms with Crippen molar-refractivity contribution in [2.75, 3.05) is 12.3 Å². The Labute approximate surface area is 183 Å². The van der Waals surface area contributed by atoms with Crippen molar-refractivity contribution in [3.63, 3.8) is 0 Å². The maximum absolute atomic E-state index is 9.75. The molecule has 11 heteroatoms. The summed E-state index contributed by atoms with van der Waals surface area (Å²) in [7, 11) is -6.00. The van der Waals surface area contributed by atoms with E-state index in [1.54, 1.807) is 24.2 Å². The van der Waals surface area contributed by atoms with Gasteiger partial charge in [0.15, 0.2) is 0 Å². The molecule has 27 heavy (non-hydrogen) atoms. The smallest absolute Gasteiger partial charge is 0.704 e. The van der Waals surface area contributed by atoms with Crippen LogP contribution in [0, 0.1) is 22.3 Å². The Bertz CT molecular complexity index is 562. The van der Waals surface area contributed by atoms with Crippen LogP contribution < -0.4 is 4.99 Å². The van der Waals surface area contributed by atoms with Crippen molar-refractivity contribution >= 4 is 36.0 Å². The van der Waals surface area contributed by atoms with E-state index in [0.717, 1.165) is 28.1 Å². The van der Waals surface area contributed by atoms with Crippen molar-refractivity contribution in [1.82, 2.24) is 9.97 Å². The Hall–Kier alpha value is -0.987. The molecule has 0 bridgehead atoms. The van der Waals surface area contributed by atoms with Gasteiger partial charge >= 0.3 is 28.3 Å². The summed E-state index contributed by atoms with van der Waals surface area (Å²) in [4.78, 5) is 11.4. The number of thioether (sulfide) groups is 1. The first kappa shape index (κ1) is 33.6. The van der Waals surface area contributed by atoms with E-state index >= 15 is 0 Å². The minimum absolute atomic E-state index is 0. The predicted molar refractivity (Wildman–Crippen MR) is 108 cm³/mol. The van der Waals surface area contributed by atoms with Gasteiger partial charge in [-0.2, -0.15) is 0 Å². The summed E-state index contributed by atoms with van der Waals surface area (Å²) >= 11 is 6.49. The average Bonchev–Trinajstić information content (AvgIpc) is 2.99. The van der Waals surface area contributed by atoms with Crippen molar-refractivity contribution < 1.29 is 43.3 Å². The zero-order valence-corrected chi connectivity index (χ0v) is 19.1. The Balaban J connectivity index is -0.000000153. The zero-order valence-electron chi connectivity index (χ0n) is 15.1. The first-order valence-electron chi connectivity index (χ1n) is 6.46. The number of pyridine rings is 2. The van der Waals surface area contributed by atoms with Crippen LogP contribution in [0.1, 0.15) is 0 Å². The summed E-state index contributed by atoms with van der Waals surface area (Å²) < 4.78 is 40.0. The fourth-order valence-electron chi connectivity index (χ4n) is 1.38. The molecule has 0 saturated heterocycles. The number of halogens is 4. The molecule has 0 aromatic carbocycles. The Kier molecular flexibility index (Phi) is 22.9. The van der Waals surface area contributed by atoms with Gasteiger partial charge in [0.1, 0.15) is 6.54 Å². The standard InChI is InChI=1S/C10H8N2.C3H5NS2.3CH3.BF4.Pt/c1-3-7-11-9(5-1)10-6-2-4-8-12-10;5-3-4-1-2-6-3;;;;2-1(3,4)5;/h1-8H;1-2H2,(H,4,5);3*1H3;;/q;;4*-1;+4. The van der Waals surface area contributed by atoms with Crippen LogP contribution in [0.4, 0.5) is 17.3 Å². The van der Waals surface area contributed by atoms with E-state index in [4.69, 9.17) is 12.6 Å². The van der Waals surface area contributed by atoms with E-state index in [1.807, 2.05) is 36.4 Å². The summed E-state index contributed by atoms with van der Waals surface area (Å²) in [5.41, 5.74) is 1.83. The number of nitrogens with one attached hydrogen (secondary N) is 1.